The summed E-state index contributed by atoms with van der Waals surface area (Å²) in [6, 6.07) is 15.9. The van der Waals surface area contributed by atoms with E-state index in [1.165, 1.54) is 0 Å². The molecule has 2 heterocycles. The van der Waals surface area contributed by atoms with Gasteiger partial charge in [-0.3, -0.25) is 9.59 Å². The Morgan fingerprint density at radius 2 is 1.20 bits per heavy atom. The fraction of sp³-hybridized carbons (Fsp3) is 0.364. The van der Waals surface area contributed by atoms with Crippen molar-refractivity contribution in [3.63, 3.8) is 0 Å². The van der Waals surface area contributed by atoms with Gasteiger partial charge in [0.25, 0.3) is 0 Å². The molecule has 0 aromatic heterocycles. The molecule has 0 saturated carbocycles. The Morgan fingerprint density at radius 3 is 1.65 bits per heavy atom. The summed E-state index contributed by atoms with van der Waals surface area (Å²) in [5.74, 6) is 0.313. The summed E-state index contributed by atoms with van der Waals surface area (Å²) in [6.07, 6.45) is 0. The average molecular weight is 543 g/mol. The monoisotopic (exact) mass is 542 g/mol. The Hall–Kier alpha value is -4.13. The third-order valence-electron chi connectivity index (χ3n) is 7.09. The predicted molar refractivity (Wildman–Crippen MR) is 149 cm³/mol. The Labute approximate surface area is 234 Å². The van der Waals surface area contributed by atoms with Gasteiger partial charge in [0.05, 0.1) is 16.4 Å². The molecule has 0 N–H and O–H groups in total. The second-order valence-corrected chi connectivity index (χ2v) is 12.7. The molecule has 3 aromatic rings. The van der Waals surface area contributed by atoms with Crippen molar-refractivity contribution in [2.45, 2.75) is 66.9 Å². The number of ether oxygens (including phenoxy) is 4. The number of hydrogen-bond donors (Lipinski definition) is 0. The number of rotatable bonds is 3. The average Bonchev–Trinajstić information content (AvgIpc) is 3.14. The zero-order valence-electron chi connectivity index (χ0n) is 24.1. The lowest BCUT2D eigenvalue weighted by Gasteiger charge is -2.36. The summed E-state index contributed by atoms with van der Waals surface area (Å²) >= 11 is 0. The van der Waals surface area contributed by atoms with Crippen LogP contribution in [-0.2, 0) is 19.9 Å². The maximum atomic E-state index is 13.4. The van der Waals surface area contributed by atoms with Gasteiger partial charge in [-0.15, -0.1) is 0 Å². The molecule has 208 valence electrons. The molecule has 40 heavy (non-hydrogen) atoms. The van der Waals surface area contributed by atoms with Crippen molar-refractivity contribution in [3.05, 3.63) is 82.4 Å². The molecule has 7 heteroatoms. The van der Waals surface area contributed by atoms with Gasteiger partial charge in [0.1, 0.15) is 23.0 Å². The van der Waals surface area contributed by atoms with Crippen molar-refractivity contribution in [1.82, 2.24) is 0 Å². The lowest BCUT2D eigenvalue weighted by Crippen LogP contribution is -2.33. The van der Waals surface area contributed by atoms with Crippen molar-refractivity contribution < 1.29 is 33.3 Å². The first kappa shape index (κ1) is 27.4. The highest BCUT2D eigenvalue weighted by Crippen LogP contribution is 2.57. The number of esters is 3. The lowest BCUT2D eigenvalue weighted by atomic mass is 9.77. The molecule has 2 aliphatic heterocycles. The van der Waals surface area contributed by atoms with Crippen molar-refractivity contribution in [2.75, 3.05) is 0 Å². The van der Waals surface area contributed by atoms with Crippen LogP contribution in [0.5, 0.6) is 23.0 Å². The Bertz CT molecular complexity index is 1470. The second-order valence-electron chi connectivity index (χ2n) is 12.7. The predicted octanol–water partition coefficient (Wildman–Crippen LogP) is 7.28. The minimum atomic E-state index is -1.30. The minimum Gasteiger partial charge on any atom is -0.456 e. The van der Waals surface area contributed by atoms with E-state index in [4.69, 9.17) is 18.9 Å². The van der Waals surface area contributed by atoms with Gasteiger partial charge in [-0.1, -0.05) is 26.0 Å². The number of fused-ring (bicyclic) bond motifs is 6. The Balaban J connectivity index is 1.68. The molecular weight excluding hydrogens is 508 g/mol. The zero-order chi connectivity index (χ0) is 29.2. The molecule has 0 atom stereocenters. The first-order valence-corrected chi connectivity index (χ1v) is 13.4. The molecule has 0 unspecified atom stereocenters. The van der Waals surface area contributed by atoms with E-state index in [9.17, 15) is 14.4 Å². The van der Waals surface area contributed by atoms with Crippen molar-refractivity contribution in [1.29, 1.82) is 0 Å². The topological polar surface area (TPSA) is 88.1 Å². The third-order valence-corrected chi connectivity index (χ3v) is 7.09. The maximum absolute atomic E-state index is 13.4. The van der Waals surface area contributed by atoms with E-state index in [2.05, 4.69) is 13.8 Å². The van der Waals surface area contributed by atoms with Crippen LogP contribution in [0.25, 0.3) is 0 Å². The molecule has 0 aliphatic carbocycles. The second kappa shape index (κ2) is 9.22. The summed E-state index contributed by atoms with van der Waals surface area (Å²) in [6.45, 7) is 14.8. The first-order valence-electron chi connectivity index (χ1n) is 13.4. The molecule has 0 radical (unpaired) electrons. The van der Waals surface area contributed by atoms with Crippen molar-refractivity contribution in [3.8, 4) is 23.0 Å². The SMILES string of the molecule is CC(C)c1ccc2c(c1)C(=O)OC21c2ccc(OC(=O)C(C)(C)C)cc2Oc2cc(OC(=O)C(C)(C)C)ccc21. The molecule has 3 aromatic carbocycles. The van der Waals surface area contributed by atoms with Crippen molar-refractivity contribution >= 4 is 17.9 Å². The summed E-state index contributed by atoms with van der Waals surface area (Å²) in [5.41, 5.74) is 0.676. The van der Waals surface area contributed by atoms with Crippen molar-refractivity contribution in [2.24, 2.45) is 10.8 Å². The summed E-state index contributed by atoms with van der Waals surface area (Å²) in [7, 11) is 0. The summed E-state index contributed by atoms with van der Waals surface area (Å²) in [4.78, 5) is 38.6. The van der Waals surface area contributed by atoms with Crippen LogP contribution in [0.1, 0.15) is 93.9 Å². The Kier molecular flexibility index (Phi) is 6.32. The molecular formula is C33H34O7. The van der Waals surface area contributed by atoms with E-state index >= 15 is 0 Å². The fourth-order valence-corrected chi connectivity index (χ4v) is 4.71. The van der Waals surface area contributed by atoms with Crippen LogP contribution in [0, 0.1) is 10.8 Å². The summed E-state index contributed by atoms with van der Waals surface area (Å²) < 4.78 is 23.9. The van der Waals surface area contributed by atoms with E-state index in [0.29, 0.717) is 45.3 Å². The zero-order valence-corrected chi connectivity index (χ0v) is 24.1. The highest BCUT2D eigenvalue weighted by atomic mass is 16.6. The number of benzene rings is 3. The van der Waals surface area contributed by atoms with Crippen LogP contribution in [0.2, 0.25) is 0 Å². The standard InChI is InChI=1S/C33H34O7/c1-18(2)19-9-12-23-22(15-19)28(34)40-33(23)24-13-10-20(37-29(35)31(3,4)5)16-26(24)39-27-17-21(11-14-25(27)33)38-30(36)32(6,7)8/h9-18H,1-8H3. The van der Waals surface area contributed by atoms with Gasteiger partial charge in [0.15, 0.2) is 5.60 Å². The van der Waals surface area contributed by atoms with Gasteiger partial charge in [-0.05, 0) is 83.4 Å². The molecule has 1 spiro atoms. The van der Waals surface area contributed by atoms with Gasteiger partial charge in [-0.2, -0.15) is 0 Å². The number of carbonyl (C=O) groups excluding carboxylic acids is 3. The molecule has 0 amide bonds. The van der Waals surface area contributed by atoms with Gasteiger partial charge in [0, 0.05) is 28.8 Å². The van der Waals surface area contributed by atoms with Gasteiger partial charge < -0.3 is 18.9 Å². The van der Waals surface area contributed by atoms with Crippen LogP contribution in [0.3, 0.4) is 0 Å². The van der Waals surface area contributed by atoms with E-state index in [1.807, 2.05) is 18.2 Å². The van der Waals surface area contributed by atoms with Crippen LogP contribution >= 0.6 is 0 Å². The minimum absolute atomic E-state index is 0.226. The highest BCUT2D eigenvalue weighted by Gasteiger charge is 2.54. The third kappa shape index (κ3) is 4.53. The number of carbonyl (C=O) groups is 3. The van der Waals surface area contributed by atoms with Crippen LogP contribution in [0.15, 0.2) is 54.6 Å². The first-order chi connectivity index (χ1) is 18.6. The highest BCUT2D eigenvalue weighted by molar-refractivity contribution is 5.97. The molecule has 2 aliphatic rings. The molecule has 0 fully saturated rings. The molecule has 0 saturated heterocycles. The van der Waals surface area contributed by atoms with Crippen LogP contribution in [-0.4, -0.2) is 17.9 Å². The maximum Gasteiger partial charge on any atom is 0.340 e. The van der Waals surface area contributed by atoms with Crippen LogP contribution < -0.4 is 14.2 Å². The quantitative estimate of drug-likeness (QED) is 0.254. The van der Waals surface area contributed by atoms with Gasteiger partial charge >= 0.3 is 17.9 Å². The smallest absolute Gasteiger partial charge is 0.340 e. The molecule has 5 rings (SSSR count). The van der Waals surface area contributed by atoms with E-state index in [0.717, 1.165) is 5.56 Å². The normalized spacial score (nSPS) is 15.1. The van der Waals surface area contributed by atoms with E-state index < -0.39 is 34.3 Å². The number of hydrogen-bond acceptors (Lipinski definition) is 7. The summed E-state index contributed by atoms with van der Waals surface area (Å²) in [5, 5.41) is 0. The largest absolute Gasteiger partial charge is 0.456 e. The molecule has 0 bridgehead atoms. The van der Waals surface area contributed by atoms with Gasteiger partial charge in [-0.25, -0.2) is 4.79 Å². The Morgan fingerprint density at radius 1 is 0.725 bits per heavy atom. The van der Waals surface area contributed by atoms with Gasteiger partial charge in [0.2, 0.25) is 0 Å². The fourth-order valence-electron chi connectivity index (χ4n) is 4.71. The van der Waals surface area contributed by atoms with E-state index in [-0.39, 0.29) is 5.92 Å². The van der Waals surface area contributed by atoms with Crippen LogP contribution in [0.4, 0.5) is 0 Å². The van der Waals surface area contributed by atoms with E-state index in [1.54, 1.807) is 77.9 Å². The lowest BCUT2D eigenvalue weighted by molar-refractivity contribution is -0.143. The molecule has 7 nitrogen and oxygen atoms in total.